The lowest BCUT2D eigenvalue weighted by Gasteiger charge is -2.23. The molecule has 0 aliphatic heterocycles. The predicted octanol–water partition coefficient (Wildman–Crippen LogP) is 4.14. The van der Waals surface area contributed by atoms with Gasteiger partial charge in [-0.1, -0.05) is 47.2 Å². The standard InChI is InChI=1S/C18H17ClF2N6OS/c1-27-25-15(24-26-27)11-4-2-10(3-5-11)14(12-6-7-18(20,21)8-12)16(28)23-17-22-9-13(19)29-17/h2-5,9,12,14H,6-8H2,1H3,(H,22,23,28). The van der Waals surface area contributed by atoms with Gasteiger partial charge in [0.25, 0.3) is 0 Å². The first-order chi connectivity index (χ1) is 13.8. The van der Waals surface area contributed by atoms with Crippen molar-refractivity contribution in [2.45, 2.75) is 31.1 Å². The van der Waals surface area contributed by atoms with E-state index in [1.165, 1.54) is 11.0 Å². The Morgan fingerprint density at radius 3 is 2.69 bits per heavy atom. The number of halogens is 3. The minimum absolute atomic E-state index is 0.216. The number of thiazole rings is 1. The number of aryl methyl sites for hydroxylation is 1. The Morgan fingerprint density at radius 1 is 1.38 bits per heavy atom. The van der Waals surface area contributed by atoms with Crippen LogP contribution in [0.3, 0.4) is 0 Å². The highest BCUT2D eigenvalue weighted by Gasteiger charge is 2.45. The van der Waals surface area contributed by atoms with Crippen LogP contribution in [0.1, 0.15) is 30.7 Å². The van der Waals surface area contributed by atoms with Gasteiger partial charge in [0.05, 0.1) is 19.2 Å². The first-order valence-electron chi connectivity index (χ1n) is 8.95. The van der Waals surface area contributed by atoms with Crippen molar-refractivity contribution in [2.75, 3.05) is 5.32 Å². The van der Waals surface area contributed by atoms with Crippen molar-refractivity contribution in [2.24, 2.45) is 13.0 Å². The molecule has 1 saturated carbocycles. The fraction of sp³-hybridized carbons (Fsp3) is 0.389. The molecule has 29 heavy (non-hydrogen) atoms. The number of alkyl halides is 2. The Bertz CT molecular complexity index is 1020. The van der Waals surface area contributed by atoms with Crippen LogP contribution in [0.4, 0.5) is 13.9 Å². The molecule has 4 rings (SSSR count). The van der Waals surface area contributed by atoms with E-state index in [-0.39, 0.29) is 25.2 Å². The highest BCUT2D eigenvalue weighted by molar-refractivity contribution is 7.19. The van der Waals surface area contributed by atoms with E-state index in [0.29, 0.717) is 20.9 Å². The lowest BCUT2D eigenvalue weighted by atomic mass is 9.83. The molecule has 3 aromatic rings. The monoisotopic (exact) mass is 438 g/mol. The SMILES string of the molecule is Cn1nnc(-c2ccc(C(C(=O)Nc3ncc(Cl)s3)C3CCC(F)(F)C3)cc2)n1. The number of nitrogens with one attached hydrogen (secondary N) is 1. The quantitative estimate of drug-likeness (QED) is 0.646. The number of anilines is 1. The van der Waals surface area contributed by atoms with Crippen LogP contribution >= 0.6 is 22.9 Å². The molecular formula is C18H17ClF2N6OS. The molecule has 1 aromatic carbocycles. The zero-order chi connectivity index (χ0) is 20.6. The Labute approximate surface area is 174 Å². The fourth-order valence-electron chi connectivity index (χ4n) is 3.64. The zero-order valence-corrected chi connectivity index (χ0v) is 16.9. The number of carbonyl (C=O) groups is 1. The average Bonchev–Trinajstić information content (AvgIpc) is 3.37. The summed E-state index contributed by atoms with van der Waals surface area (Å²) in [7, 11) is 1.66. The largest absolute Gasteiger partial charge is 0.301 e. The van der Waals surface area contributed by atoms with Gasteiger partial charge in [-0.15, -0.1) is 10.2 Å². The first-order valence-corrected chi connectivity index (χ1v) is 10.1. The van der Waals surface area contributed by atoms with Gasteiger partial charge in [0.2, 0.25) is 17.7 Å². The third-order valence-electron chi connectivity index (χ3n) is 4.94. The molecule has 1 aliphatic carbocycles. The molecule has 0 radical (unpaired) electrons. The summed E-state index contributed by atoms with van der Waals surface area (Å²) < 4.78 is 28.2. The number of tetrazole rings is 1. The van der Waals surface area contributed by atoms with Gasteiger partial charge in [0.1, 0.15) is 4.34 Å². The van der Waals surface area contributed by atoms with E-state index in [2.05, 4.69) is 25.7 Å². The van der Waals surface area contributed by atoms with E-state index >= 15 is 0 Å². The Balaban J connectivity index is 1.61. The number of aromatic nitrogens is 5. The van der Waals surface area contributed by atoms with Gasteiger partial charge in [0, 0.05) is 18.4 Å². The van der Waals surface area contributed by atoms with Crippen LogP contribution < -0.4 is 5.32 Å². The molecular weight excluding hydrogens is 422 g/mol. The highest BCUT2D eigenvalue weighted by Crippen LogP contribution is 2.46. The molecule has 1 fully saturated rings. The normalized spacial score (nSPS) is 19.2. The van der Waals surface area contributed by atoms with Crippen molar-refractivity contribution in [3.05, 3.63) is 40.4 Å². The van der Waals surface area contributed by atoms with E-state index < -0.39 is 17.8 Å². The number of benzene rings is 1. The summed E-state index contributed by atoms with van der Waals surface area (Å²) in [6.07, 6.45) is 1.17. The molecule has 1 N–H and O–H groups in total. The van der Waals surface area contributed by atoms with Gasteiger partial charge in [-0.2, -0.15) is 4.80 Å². The molecule has 0 saturated heterocycles. The number of nitrogens with zero attached hydrogens (tertiary/aromatic N) is 5. The van der Waals surface area contributed by atoms with E-state index in [1.807, 2.05) is 0 Å². The van der Waals surface area contributed by atoms with Gasteiger partial charge in [-0.05, 0) is 23.1 Å². The van der Waals surface area contributed by atoms with Crippen molar-refractivity contribution in [1.82, 2.24) is 25.2 Å². The van der Waals surface area contributed by atoms with Crippen LogP contribution in [0.2, 0.25) is 4.34 Å². The summed E-state index contributed by atoms with van der Waals surface area (Å²) >= 11 is 6.99. The minimum atomic E-state index is -2.75. The second-order valence-corrected chi connectivity index (χ2v) is 8.68. The van der Waals surface area contributed by atoms with Gasteiger partial charge in [-0.3, -0.25) is 4.79 Å². The Hall–Kier alpha value is -2.46. The van der Waals surface area contributed by atoms with Gasteiger partial charge < -0.3 is 5.32 Å². The van der Waals surface area contributed by atoms with Crippen molar-refractivity contribution < 1.29 is 13.6 Å². The molecule has 0 spiro atoms. The van der Waals surface area contributed by atoms with Crippen molar-refractivity contribution in [3.63, 3.8) is 0 Å². The molecule has 1 amide bonds. The van der Waals surface area contributed by atoms with Crippen LogP contribution in [-0.2, 0) is 11.8 Å². The van der Waals surface area contributed by atoms with E-state index in [4.69, 9.17) is 11.6 Å². The highest BCUT2D eigenvalue weighted by atomic mass is 35.5. The van der Waals surface area contributed by atoms with Crippen molar-refractivity contribution >= 4 is 34.0 Å². The van der Waals surface area contributed by atoms with E-state index in [1.54, 1.807) is 31.3 Å². The molecule has 152 valence electrons. The minimum Gasteiger partial charge on any atom is -0.301 e. The summed E-state index contributed by atoms with van der Waals surface area (Å²) in [4.78, 5) is 18.4. The maximum Gasteiger partial charge on any atom is 0.248 e. The fourth-order valence-corrected chi connectivity index (χ4v) is 4.46. The smallest absolute Gasteiger partial charge is 0.248 e. The van der Waals surface area contributed by atoms with Crippen LogP contribution in [0.15, 0.2) is 30.5 Å². The summed E-state index contributed by atoms with van der Waals surface area (Å²) in [5.41, 5.74) is 1.38. The van der Waals surface area contributed by atoms with Gasteiger partial charge in [-0.25, -0.2) is 13.8 Å². The number of hydrogen-bond acceptors (Lipinski definition) is 6. The second-order valence-electron chi connectivity index (χ2n) is 7.02. The molecule has 2 aromatic heterocycles. The van der Waals surface area contributed by atoms with Gasteiger partial charge in [0.15, 0.2) is 5.13 Å². The Kier molecular flexibility index (Phi) is 5.30. The molecule has 1 aliphatic rings. The molecule has 0 bridgehead atoms. The molecule has 2 heterocycles. The third-order valence-corrected chi connectivity index (χ3v) is 5.97. The summed E-state index contributed by atoms with van der Waals surface area (Å²) in [5, 5.41) is 15.0. The summed E-state index contributed by atoms with van der Waals surface area (Å²) in [6.45, 7) is 0. The zero-order valence-electron chi connectivity index (χ0n) is 15.3. The van der Waals surface area contributed by atoms with Crippen LogP contribution in [-0.4, -0.2) is 37.0 Å². The number of hydrogen-bond donors (Lipinski definition) is 1. The molecule has 2 unspecified atom stereocenters. The van der Waals surface area contributed by atoms with E-state index in [0.717, 1.165) is 16.9 Å². The number of rotatable bonds is 5. The van der Waals surface area contributed by atoms with E-state index in [9.17, 15) is 13.6 Å². The topological polar surface area (TPSA) is 85.6 Å². The van der Waals surface area contributed by atoms with Crippen LogP contribution in [0, 0.1) is 5.92 Å². The maximum absolute atomic E-state index is 13.9. The molecule has 2 atom stereocenters. The average molecular weight is 439 g/mol. The lowest BCUT2D eigenvalue weighted by molar-refractivity contribution is -0.118. The first kappa shape index (κ1) is 19.8. The molecule has 7 nitrogen and oxygen atoms in total. The summed E-state index contributed by atoms with van der Waals surface area (Å²) in [5.74, 6) is -3.87. The Morgan fingerprint density at radius 2 is 2.14 bits per heavy atom. The van der Waals surface area contributed by atoms with Crippen LogP contribution in [0.25, 0.3) is 11.4 Å². The van der Waals surface area contributed by atoms with Gasteiger partial charge >= 0.3 is 0 Å². The van der Waals surface area contributed by atoms with Crippen LogP contribution in [0.5, 0.6) is 0 Å². The van der Waals surface area contributed by atoms with Crippen molar-refractivity contribution in [1.29, 1.82) is 0 Å². The number of carbonyl (C=O) groups excluding carboxylic acids is 1. The third kappa shape index (κ3) is 4.43. The maximum atomic E-state index is 13.9. The predicted molar refractivity (Wildman–Crippen MR) is 105 cm³/mol. The lowest BCUT2D eigenvalue weighted by Crippen LogP contribution is -2.27. The summed E-state index contributed by atoms with van der Waals surface area (Å²) in [6, 6.07) is 7.03. The number of amides is 1. The van der Waals surface area contributed by atoms with Crippen molar-refractivity contribution in [3.8, 4) is 11.4 Å². The molecule has 11 heteroatoms. The second kappa shape index (κ2) is 7.75.